The van der Waals surface area contributed by atoms with E-state index in [0.717, 1.165) is 14.7 Å². The Kier molecular flexibility index (Phi) is 37.7. The number of likely N-dealkylation sites (N-methyl/N-ethyl adjacent to an activating group) is 7. The highest BCUT2D eigenvalue weighted by Gasteiger charge is 2.47. The average Bonchev–Trinajstić information content (AvgIpc) is 0.810. The van der Waals surface area contributed by atoms with Crippen molar-refractivity contribution >= 4 is 82.7 Å². The van der Waals surface area contributed by atoms with Gasteiger partial charge in [0.15, 0.2) is 0 Å². The molecule has 1 aliphatic heterocycles. The van der Waals surface area contributed by atoms with Crippen molar-refractivity contribution in [1.29, 1.82) is 0 Å². The van der Waals surface area contributed by atoms with Gasteiger partial charge in [0.1, 0.15) is 66.5 Å². The summed E-state index contributed by atoms with van der Waals surface area (Å²) in [6, 6.07) is -14.7. The molecule has 0 saturated carbocycles. The molecule has 0 aromatic carbocycles. The second-order valence-electron chi connectivity index (χ2n) is 29.1. The van der Waals surface area contributed by atoms with E-state index in [4.69, 9.17) is 4.74 Å². The minimum absolute atomic E-state index is 0.0530. The summed E-state index contributed by atoms with van der Waals surface area (Å²) in [5.74, 6) is -10.4. The fraction of sp³-hybridized carbons (Fsp3) is 0.800. The third-order valence-corrected chi connectivity index (χ3v) is 19.3. The maximum Gasteiger partial charge on any atom is 0.305 e. The third kappa shape index (κ3) is 26.7. The summed E-state index contributed by atoms with van der Waals surface area (Å²) in [6.45, 7) is 28.9. The SMILES string of the molecule is C/C=C/C[C@@H](C)[C@@H](O)[C@H]1C(=O)N[C@H](CC)C(=O)N(C)[C@@H](CSCCCCC(=O)OC)C(=O)N(C)[C@@H](CC(C)(C)O)C(=O)N[C@H](C(C)C)C(=O)N(C)[C@H](CCC(C)C)C(=O)N[C@H](C)C(=O)N[C@@H](C)C(=O)N(C)[C@@H](CC(C)C)C(=O)N(C)[C@H](CC(C)C)C(=O)N(C)[C@H](C(C)C)C(=O)N1C. The van der Waals surface area contributed by atoms with Gasteiger partial charge < -0.3 is 70.5 Å². The number of hydrogen-bond acceptors (Lipinski definition) is 16. The maximum atomic E-state index is 15.4. The number of ether oxygens (including phenoxy) is 1. The first-order valence-electron chi connectivity index (χ1n) is 34.6. The van der Waals surface area contributed by atoms with Crippen LogP contribution in [0.15, 0.2) is 12.2 Å². The van der Waals surface area contributed by atoms with Gasteiger partial charge in [-0.05, 0) is 127 Å². The molecule has 0 bridgehead atoms. The Morgan fingerprint density at radius 2 is 1.03 bits per heavy atom. The standard InChI is InChI=1S/C70H125N11O15S/c1-26-28-31-45(13)58(83)57-62(87)73-48(27-2)64(89)79(22)53(39-97-35-30-29-32-54(82)96-25)67(92)78(21)52(38-70(16,17)95)61(86)74-55(43(9)10)68(93)75(18)49(34-33-40(3)4)60(85)71-46(14)59(84)72-47(15)63(88)76(19)50(36-41(5)6)65(90)77(20)51(37-42(7)8)66(91)80(23)56(44(11)12)69(94)81(57)24/h26,28,40-53,55-58,83,95H,27,29-39H2,1-25H3,(H,71,85)(H,72,84)(H,73,87)(H,74,86)/b28-26+/t45-,46-,47+,48-,49-,50+,51-,52+,53+,55-,56-,57+,58-/m1/s1. The highest BCUT2D eigenvalue weighted by Crippen LogP contribution is 2.27. The second-order valence-corrected chi connectivity index (χ2v) is 30.3. The van der Waals surface area contributed by atoms with Gasteiger partial charge in [-0.3, -0.25) is 57.5 Å². The number of amides is 11. The number of carbonyl (C=O) groups is 12. The van der Waals surface area contributed by atoms with E-state index in [1.54, 1.807) is 60.6 Å². The predicted molar refractivity (Wildman–Crippen MR) is 377 cm³/mol. The largest absolute Gasteiger partial charge is 0.469 e. The van der Waals surface area contributed by atoms with Crippen LogP contribution in [0.4, 0.5) is 0 Å². The van der Waals surface area contributed by atoms with Crippen molar-refractivity contribution in [1.82, 2.24) is 55.6 Å². The molecule has 0 aromatic rings. The lowest BCUT2D eigenvalue weighted by atomic mass is 9.91. The fourth-order valence-corrected chi connectivity index (χ4v) is 13.0. The highest BCUT2D eigenvalue weighted by molar-refractivity contribution is 7.99. The van der Waals surface area contributed by atoms with E-state index in [2.05, 4.69) is 21.3 Å². The van der Waals surface area contributed by atoms with E-state index in [1.807, 2.05) is 41.5 Å². The number of esters is 1. The van der Waals surface area contributed by atoms with Crippen molar-refractivity contribution in [2.45, 2.75) is 260 Å². The molecule has 13 atom stereocenters. The Hall–Kier alpha value is -6.35. The third-order valence-electron chi connectivity index (χ3n) is 18.1. The number of nitrogens with zero attached hydrogens (tertiary/aromatic N) is 7. The summed E-state index contributed by atoms with van der Waals surface area (Å²) >= 11 is 1.28. The Bertz CT molecular complexity index is 2670. The highest BCUT2D eigenvalue weighted by atomic mass is 32.2. The molecule has 11 amide bonds. The van der Waals surface area contributed by atoms with Crippen LogP contribution in [0.2, 0.25) is 0 Å². The van der Waals surface area contributed by atoms with Crippen molar-refractivity contribution in [3.63, 3.8) is 0 Å². The molecule has 1 fully saturated rings. The number of rotatable bonds is 23. The molecular formula is C70H125N11O15S. The lowest BCUT2D eigenvalue weighted by molar-refractivity contribution is -0.157. The van der Waals surface area contributed by atoms with Crippen LogP contribution in [0.3, 0.4) is 0 Å². The molecule has 0 aliphatic carbocycles. The number of aliphatic hydroxyl groups is 2. The monoisotopic (exact) mass is 1390 g/mol. The Balaban J connectivity index is 4.59. The number of thioether (sulfide) groups is 1. The number of unbranched alkanes of at least 4 members (excludes halogenated alkanes) is 1. The van der Waals surface area contributed by atoms with Crippen molar-refractivity contribution in [2.24, 2.45) is 35.5 Å². The summed E-state index contributed by atoms with van der Waals surface area (Å²) in [5, 5.41) is 34.7. The Morgan fingerprint density at radius 1 is 0.557 bits per heavy atom. The van der Waals surface area contributed by atoms with E-state index in [9.17, 15) is 34.2 Å². The van der Waals surface area contributed by atoms with Gasteiger partial charge in [-0.2, -0.15) is 11.8 Å². The first-order chi connectivity index (χ1) is 44.9. The van der Waals surface area contributed by atoms with Crippen LogP contribution in [0.5, 0.6) is 0 Å². The second kappa shape index (κ2) is 41.3. The molecule has 0 spiro atoms. The van der Waals surface area contributed by atoms with Crippen LogP contribution in [-0.4, -0.2) is 262 Å². The molecule has 1 heterocycles. The molecule has 0 aromatic heterocycles. The minimum atomic E-state index is -1.69. The summed E-state index contributed by atoms with van der Waals surface area (Å²) in [6.07, 6.45) is 3.76. The summed E-state index contributed by atoms with van der Waals surface area (Å²) in [7, 11) is 11.0. The van der Waals surface area contributed by atoms with Gasteiger partial charge in [-0.25, -0.2) is 0 Å². The molecule has 6 N–H and O–H groups in total. The van der Waals surface area contributed by atoms with Crippen molar-refractivity contribution in [3.05, 3.63) is 12.2 Å². The number of hydrogen-bond donors (Lipinski definition) is 6. The predicted octanol–water partition coefficient (Wildman–Crippen LogP) is 4.22. The Morgan fingerprint density at radius 3 is 1.52 bits per heavy atom. The first kappa shape index (κ1) is 88.7. The van der Waals surface area contributed by atoms with Crippen LogP contribution in [-0.2, 0) is 62.3 Å². The lowest BCUT2D eigenvalue weighted by Crippen LogP contribution is -2.64. The van der Waals surface area contributed by atoms with E-state index in [-0.39, 0.29) is 68.5 Å². The van der Waals surface area contributed by atoms with Crippen LogP contribution in [0, 0.1) is 35.5 Å². The van der Waals surface area contributed by atoms with Gasteiger partial charge in [0.25, 0.3) is 0 Å². The van der Waals surface area contributed by atoms with Crippen LogP contribution < -0.4 is 21.3 Å². The van der Waals surface area contributed by atoms with E-state index >= 15 is 33.6 Å². The van der Waals surface area contributed by atoms with Gasteiger partial charge in [-0.15, -0.1) is 0 Å². The fourth-order valence-electron chi connectivity index (χ4n) is 11.9. The Labute approximate surface area is 584 Å². The van der Waals surface area contributed by atoms with E-state index in [1.165, 1.54) is 115 Å². The van der Waals surface area contributed by atoms with E-state index < -0.39 is 167 Å². The van der Waals surface area contributed by atoms with Crippen LogP contribution in [0.1, 0.15) is 182 Å². The van der Waals surface area contributed by atoms with Gasteiger partial charge in [-0.1, -0.05) is 95.2 Å². The molecule has 26 nitrogen and oxygen atoms in total. The zero-order chi connectivity index (χ0) is 75.0. The molecule has 0 radical (unpaired) electrons. The van der Waals surface area contributed by atoms with Gasteiger partial charge in [0, 0.05) is 67.9 Å². The minimum Gasteiger partial charge on any atom is -0.469 e. The number of nitrogens with one attached hydrogen (secondary N) is 4. The normalized spacial score (nSPS) is 25.9. The van der Waals surface area contributed by atoms with Crippen LogP contribution in [0.25, 0.3) is 0 Å². The van der Waals surface area contributed by atoms with Crippen molar-refractivity contribution < 1.29 is 72.5 Å². The number of carbonyl (C=O) groups excluding carboxylic acids is 12. The van der Waals surface area contributed by atoms with Crippen molar-refractivity contribution in [3.8, 4) is 0 Å². The average molecular weight is 1390 g/mol. The summed E-state index contributed by atoms with van der Waals surface area (Å²) < 4.78 is 4.81. The topological polar surface area (TPSA) is 325 Å². The number of aliphatic hydroxyl groups excluding tert-OH is 1. The smallest absolute Gasteiger partial charge is 0.305 e. The molecule has 27 heteroatoms. The zero-order valence-corrected chi connectivity index (χ0v) is 64.1. The molecule has 556 valence electrons. The zero-order valence-electron chi connectivity index (χ0n) is 63.3. The first-order valence-corrected chi connectivity index (χ1v) is 35.8. The lowest BCUT2D eigenvalue weighted by Gasteiger charge is -2.41. The van der Waals surface area contributed by atoms with Crippen molar-refractivity contribution in [2.75, 3.05) is 67.9 Å². The summed E-state index contributed by atoms with van der Waals surface area (Å²) in [4.78, 5) is 185. The molecule has 1 rings (SSSR count). The number of methoxy groups -OCH3 is 1. The molecule has 97 heavy (non-hydrogen) atoms. The van der Waals surface area contributed by atoms with Crippen LogP contribution >= 0.6 is 11.8 Å². The number of allylic oxidation sites excluding steroid dienone is 2. The van der Waals surface area contributed by atoms with Gasteiger partial charge in [0.05, 0.1) is 18.8 Å². The maximum absolute atomic E-state index is 15.4. The molecule has 1 saturated heterocycles. The summed E-state index contributed by atoms with van der Waals surface area (Å²) in [5.41, 5.74) is -1.62. The molecular weight excluding hydrogens is 1270 g/mol. The van der Waals surface area contributed by atoms with E-state index in [0.29, 0.717) is 25.0 Å². The molecule has 1 aliphatic rings. The quantitative estimate of drug-likeness (QED) is 0.0474. The van der Waals surface area contributed by atoms with Gasteiger partial charge in [0.2, 0.25) is 65.0 Å². The molecule has 0 unspecified atom stereocenters. The van der Waals surface area contributed by atoms with Gasteiger partial charge >= 0.3 is 5.97 Å².